The van der Waals surface area contributed by atoms with E-state index >= 15 is 0 Å². The molecule has 0 fully saturated rings. The predicted octanol–water partition coefficient (Wildman–Crippen LogP) is 3.81. The van der Waals surface area contributed by atoms with Crippen LogP contribution in [-0.2, 0) is 19.1 Å². The summed E-state index contributed by atoms with van der Waals surface area (Å²) >= 11 is 0. The second-order valence-electron chi connectivity index (χ2n) is 6.86. The highest BCUT2D eigenvalue weighted by Crippen LogP contribution is 2.03. The second-order valence-corrected chi connectivity index (χ2v) is 6.86. The first-order valence-electron chi connectivity index (χ1n) is 9.28. The quantitative estimate of drug-likeness (QED) is 0.379. The number of aliphatic hydroxyl groups is 1. The van der Waals surface area contributed by atoms with E-state index in [0.717, 1.165) is 12.8 Å². The van der Waals surface area contributed by atoms with E-state index in [1.165, 1.54) is 0 Å². The molecule has 5 nitrogen and oxygen atoms in total. The molecule has 0 saturated carbocycles. The molecule has 0 aromatic heterocycles. The number of ether oxygens (including phenoxy) is 1. The molecule has 0 aliphatic rings. The molecule has 0 saturated heterocycles. The Labute approximate surface area is 159 Å². The van der Waals surface area contributed by atoms with Gasteiger partial charge in [-0.2, -0.15) is 0 Å². The second kappa shape index (κ2) is 19.7. The third kappa shape index (κ3) is 24.6. The summed E-state index contributed by atoms with van der Waals surface area (Å²) < 4.78 is 4.71. The number of carbonyl (C=O) groups excluding carboxylic acids is 3. The van der Waals surface area contributed by atoms with Crippen LogP contribution in [0.4, 0.5) is 0 Å². The normalized spacial score (nSPS) is 9.62. The van der Waals surface area contributed by atoms with Crippen molar-refractivity contribution in [2.45, 2.75) is 74.1 Å². The summed E-state index contributed by atoms with van der Waals surface area (Å²) in [7, 11) is 0. The van der Waals surface area contributed by atoms with Crippen molar-refractivity contribution in [2.75, 3.05) is 13.2 Å². The SMILES string of the molecule is C#CCCCC(=O)C(C)C.CC(C)C(=O)CO.CCOC(=O)CC(C)C. The van der Waals surface area contributed by atoms with Crippen LogP contribution in [0.2, 0.25) is 0 Å². The molecule has 0 amide bonds. The maximum Gasteiger partial charge on any atom is 0.306 e. The first-order valence-corrected chi connectivity index (χ1v) is 9.28. The fourth-order valence-corrected chi connectivity index (χ4v) is 1.39. The minimum atomic E-state index is -0.322. The molecular weight excluding hydrogens is 332 g/mol. The fourth-order valence-electron chi connectivity index (χ4n) is 1.39. The summed E-state index contributed by atoms with van der Waals surface area (Å²) in [5.74, 6) is 3.19. The van der Waals surface area contributed by atoms with E-state index in [0.29, 0.717) is 31.1 Å². The number of hydrogen-bond acceptors (Lipinski definition) is 5. The summed E-state index contributed by atoms with van der Waals surface area (Å²) in [6.45, 7) is 13.3. The molecule has 0 aliphatic carbocycles. The van der Waals surface area contributed by atoms with Gasteiger partial charge in [0.05, 0.1) is 6.61 Å². The number of aliphatic hydroxyl groups excluding tert-OH is 1. The largest absolute Gasteiger partial charge is 0.466 e. The molecule has 0 spiro atoms. The first-order chi connectivity index (χ1) is 12.0. The molecule has 5 heteroatoms. The molecule has 0 aromatic carbocycles. The summed E-state index contributed by atoms with van der Waals surface area (Å²) in [5, 5.41) is 8.16. The molecule has 0 aromatic rings. The van der Waals surface area contributed by atoms with E-state index in [4.69, 9.17) is 16.3 Å². The van der Waals surface area contributed by atoms with E-state index in [1.54, 1.807) is 13.8 Å². The van der Waals surface area contributed by atoms with E-state index in [9.17, 15) is 14.4 Å². The smallest absolute Gasteiger partial charge is 0.306 e. The van der Waals surface area contributed by atoms with Gasteiger partial charge in [0.2, 0.25) is 0 Å². The molecule has 0 bridgehead atoms. The average molecular weight is 371 g/mol. The van der Waals surface area contributed by atoms with Crippen molar-refractivity contribution < 1.29 is 24.2 Å². The summed E-state index contributed by atoms with van der Waals surface area (Å²) in [6, 6.07) is 0. The highest BCUT2D eigenvalue weighted by Gasteiger charge is 2.05. The van der Waals surface area contributed by atoms with Gasteiger partial charge in [0, 0.05) is 31.1 Å². The Hall–Kier alpha value is -1.67. The lowest BCUT2D eigenvalue weighted by Gasteiger charge is -2.02. The Bertz CT molecular complexity index is 417. The van der Waals surface area contributed by atoms with Crippen LogP contribution in [-0.4, -0.2) is 35.9 Å². The van der Waals surface area contributed by atoms with Gasteiger partial charge in [-0.05, 0) is 19.3 Å². The van der Waals surface area contributed by atoms with Gasteiger partial charge in [0.15, 0.2) is 5.78 Å². The number of hydrogen-bond donors (Lipinski definition) is 1. The maximum atomic E-state index is 10.9. The van der Waals surface area contributed by atoms with Crippen LogP contribution in [0.15, 0.2) is 0 Å². The molecule has 0 rings (SSSR count). The summed E-state index contributed by atoms with van der Waals surface area (Å²) in [5.41, 5.74) is 0. The summed E-state index contributed by atoms with van der Waals surface area (Å²) in [6.07, 6.45) is 7.77. The zero-order chi connectivity index (χ0) is 21.1. The number of rotatable bonds is 9. The van der Waals surface area contributed by atoms with Crippen LogP contribution in [0, 0.1) is 30.1 Å². The van der Waals surface area contributed by atoms with Gasteiger partial charge in [-0.3, -0.25) is 14.4 Å². The number of unbranched alkanes of at least 4 members (excludes halogenated alkanes) is 1. The molecule has 0 unspecified atom stereocenters. The standard InChI is InChI=1S/C9H14O.C7H14O2.C5H10O2/c1-4-5-6-7-9(10)8(2)3;1-4-9-7(8)5-6(2)3;1-4(2)5(7)3-6/h1,8H,5-7H2,2-3H3;6H,4-5H2,1-3H3;4,6H,3H2,1-2H3. The molecule has 0 radical (unpaired) electrons. The minimum Gasteiger partial charge on any atom is -0.466 e. The van der Waals surface area contributed by atoms with Gasteiger partial charge >= 0.3 is 5.97 Å². The Kier molecular flexibility index (Phi) is 22.0. The van der Waals surface area contributed by atoms with E-state index in [-0.39, 0.29) is 30.2 Å². The monoisotopic (exact) mass is 370 g/mol. The molecule has 0 aliphatic heterocycles. The molecular formula is C21H38O5. The first kappa shape index (κ1) is 29.1. The van der Waals surface area contributed by atoms with Gasteiger partial charge in [0.25, 0.3) is 0 Å². The highest BCUT2D eigenvalue weighted by molar-refractivity contribution is 5.81. The van der Waals surface area contributed by atoms with Crippen molar-refractivity contribution in [1.29, 1.82) is 0 Å². The van der Waals surface area contributed by atoms with Crippen LogP contribution in [0.3, 0.4) is 0 Å². The lowest BCUT2D eigenvalue weighted by atomic mass is 10.0. The Balaban J connectivity index is -0.000000310. The fraction of sp³-hybridized carbons (Fsp3) is 0.762. The van der Waals surface area contributed by atoms with Crippen molar-refractivity contribution >= 4 is 17.5 Å². The van der Waals surface area contributed by atoms with Gasteiger partial charge in [-0.1, -0.05) is 41.5 Å². The zero-order valence-corrected chi connectivity index (χ0v) is 17.6. The third-order valence-electron chi connectivity index (χ3n) is 3.07. The average Bonchev–Trinajstić information content (AvgIpc) is 2.54. The molecule has 26 heavy (non-hydrogen) atoms. The van der Waals surface area contributed by atoms with Gasteiger partial charge in [-0.15, -0.1) is 12.3 Å². The molecule has 152 valence electrons. The lowest BCUT2D eigenvalue weighted by molar-refractivity contribution is -0.144. The molecule has 1 N–H and O–H groups in total. The van der Waals surface area contributed by atoms with Crippen LogP contribution >= 0.6 is 0 Å². The van der Waals surface area contributed by atoms with Crippen LogP contribution in [0.1, 0.15) is 74.1 Å². The summed E-state index contributed by atoms with van der Waals surface area (Å²) in [4.78, 5) is 31.8. The van der Waals surface area contributed by atoms with Crippen molar-refractivity contribution in [1.82, 2.24) is 0 Å². The van der Waals surface area contributed by atoms with Crippen molar-refractivity contribution in [3.05, 3.63) is 0 Å². The van der Waals surface area contributed by atoms with Crippen LogP contribution in [0.5, 0.6) is 0 Å². The third-order valence-corrected chi connectivity index (χ3v) is 3.07. The number of ketones is 2. The topological polar surface area (TPSA) is 80.7 Å². The minimum absolute atomic E-state index is 0.0231. The molecule has 0 atom stereocenters. The van der Waals surface area contributed by atoms with Crippen molar-refractivity contribution in [3.8, 4) is 12.3 Å². The Morgan fingerprint density at radius 3 is 1.77 bits per heavy atom. The number of esters is 1. The highest BCUT2D eigenvalue weighted by atomic mass is 16.5. The van der Waals surface area contributed by atoms with Gasteiger partial charge in [-0.25, -0.2) is 0 Å². The molecule has 0 heterocycles. The zero-order valence-electron chi connectivity index (χ0n) is 17.6. The van der Waals surface area contributed by atoms with Crippen molar-refractivity contribution in [3.63, 3.8) is 0 Å². The lowest BCUT2D eigenvalue weighted by Crippen LogP contribution is -2.10. The maximum absolute atomic E-state index is 10.9. The van der Waals surface area contributed by atoms with Gasteiger partial charge < -0.3 is 9.84 Å². The van der Waals surface area contributed by atoms with Crippen LogP contribution in [0.25, 0.3) is 0 Å². The van der Waals surface area contributed by atoms with Crippen molar-refractivity contribution in [2.24, 2.45) is 17.8 Å². The van der Waals surface area contributed by atoms with Gasteiger partial charge in [0.1, 0.15) is 12.4 Å². The Morgan fingerprint density at radius 1 is 1.00 bits per heavy atom. The number of terminal acetylenes is 1. The predicted molar refractivity (Wildman–Crippen MR) is 106 cm³/mol. The van der Waals surface area contributed by atoms with E-state index in [1.807, 2.05) is 34.6 Å². The number of carbonyl (C=O) groups is 3. The van der Waals surface area contributed by atoms with E-state index in [2.05, 4.69) is 5.92 Å². The Morgan fingerprint density at radius 2 is 1.50 bits per heavy atom. The number of Topliss-reactive ketones (excluding diaryl/α,β-unsaturated/α-hetero) is 2. The van der Waals surface area contributed by atoms with Crippen LogP contribution < -0.4 is 0 Å². The van der Waals surface area contributed by atoms with E-state index < -0.39 is 0 Å².